The highest BCUT2D eigenvalue weighted by atomic mass is 32.2. The van der Waals surface area contributed by atoms with E-state index in [0.29, 0.717) is 12.2 Å². The monoisotopic (exact) mass is 255 g/mol. The van der Waals surface area contributed by atoms with Gasteiger partial charge in [-0.05, 0) is 25.8 Å². The largest absolute Gasteiger partial charge is 0.384 e. The molecule has 1 N–H and O–H groups in total. The molecule has 5 nitrogen and oxygen atoms in total. The fourth-order valence-electron chi connectivity index (χ4n) is 1.71. The molecule has 1 heterocycles. The lowest BCUT2D eigenvalue weighted by Crippen LogP contribution is -2.29. The molecular formula is C11H17N3O2S. The third kappa shape index (κ3) is 2.42. The first kappa shape index (κ1) is 12.3. The van der Waals surface area contributed by atoms with Crippen LogP contribution in [0.3, 0.4) is 0 Å². The Morgan fingerprint density at radius 1 is 1.53 bits per heavy atom. The summed E-state index contributed by atoms with van der Waals surface area (Å²) in [5.41, 5.74) is 0.620. The number of hydrogen-bond donors (Lipinski definition) is 1. The molecule has 0 aliphatic heterocycles. The zero-order valence-corrected chi connectivity index (χ0v) is 10.9. The van der Waals surface area contributed by atoms with Gasteiger partial charge in [0.05, 0.1) is 5.69 Å². The lowest BCUT2D eigenvalue weighted by Gasteiger charge is -2.18. The molecule has 1 aromatic heterocycles. The van der Waals surface area contributed by atoms with Crippen LogP contribution in [0.15, 0.2) is 23.4 Å². The Morgan fingerprint density at radius 2 is 2.24 bits per heavy atom. The summed E-state index contributed by atoms with van der Waals surface area (Å²) in [6.45, 7) is 2.61. The SMILES string of the molecule is CCNc1ccncc1S(=O)(=O)N(C)C1CC1. The average molecular weight is 255 g/mol. The second-order valence-corrected chi connectivity index (χ2v) is 6.12. The second kappa shape index (κ2) is 4.62. The predicted octanol–water partition coefficient (Wildman–Crippen LogP) is 1.30. The molecule has 94 valence electrons. The van der Waals surface area contributed by atoms with E-state index in [-0.39, 0.29) is 10.9 Å². The zero-order valence-electron chi connectivity index (χ0n) is 10.0. The van der Waals surface area contributed by atoms with Crippen LogP contribution in [0, 0.1) is 0 Å². The second-order valence-electron chi connectivity index (χ2n) is 4.15. The van der Waals surface area contributed by atoms with E-state index in [4.69, 9.17) is 0 Å². The van der Waals surface area contributed by atoms with Crippen molar-refractivity contribution in [1.82, 2.24) is 9.29 Å². The molecule has 0 saturated heterocycles. The van der Waals surface area contributed by atoms with Crippen molar-refractivity contribution in [1.29, 1.82) is 0 Å². The van der Waals surface area contributed by atoms with Crippen LogP contribution in [-0.4, -0.2) is 37.3 Å². The third-order valence-corrected chi connectivity index (χ3v) is 4.81. The number of rotatable bonds is 5. The summed E-state index contributed by atoms with van der Waals surface area (Å²) in [4.78, 5) is 4.17. The zero-order chi connectivity index (χ0) is 12.5. The molecule has 0 atom stereocenters. The first-order valence-corrected chi connectivity index (χ1v) is 7.17. The van der Waals surface area contributed by atoms with Gasteiger partial charge < -0.3 is 5.32 Å². The van der Waals surface area contributed by atoms with Crippen LogP contribution >= 0.6 is 0 Å². The Labute approximate surface area is 102 Å². The van der Waals surface area contributed by atoms with E-state index >= 15 is 0 Å². The van der Waals surface area contributed by atoms with Gasteiger partial charge in [-0.3, -0.25) is 4.98 Å². The topological polar surface area (TPSA) is 62.3 Å². The normalized spacial score (nSPS) is 16.2. The predicted molar refractivity (Wildman–Crippen MR) is 66.4 cm³/mol. The molecule has 1 saturated carbocycles. The first-order valence-electron chi connectivity index (χ1n) is 5.73. The summed E-state index contributed by atoms with van der Waals surface area (Å²) in [6, 6.07) is 1.85. The van der Waals surface area contributed by atoms with E-state index < -0.39 is 10.0 Å². The van der Waals surface area contributed by atoms with E-state index in [9.17, 15) is 8.42 Å². The number of nitrogens with zero attached hydrogens (tertiary/aromatic N) is 2. The fraction of sp³-hybridized carbons (Fsp3) is 0.545. The van der Waals surface area contributed by atoms with E-state index in [1.165, 1.54) is 10.5 Å². The van der Waals surface area contributed by atoms with E-state index in [0.717, 1.165) is 12.8 Å². The van der Waals surface area contributed by atoms with Crippen molar-refractivity contribution in [2.75, 3.05) is 18.9 Å². The van der Waals surface area contributed by atoms with E-state index in [1.807, 2.05) is 6.92 Å². The molecule has 0 amide bonds. The van der Waals surface area contributed by atoms with Crippen molar-refractivity contribution in [2.24, 2.45) is 0 Å². The molecule has 0 radical (unpaired) electrons. The smallest absolute Gasteiger partial charge is 0.246 e. The van der Waals surface area contributed by atoms with Crippen LogP contribution in [0.5, 0.6) is 0 Å². The molecule has 0 unspecified atom stereocenters. The van der Waals surface area contributed by atoms with Gasteiger partial charge in [0.1, 0.15) is 4.90 Å². The van der Waals surface area contributed by atoms with Crippen LogP contribution in [0.25, 0.3) is 0 Å². The summed E-state index contributed by atoms with van der Waals surface area (Å²) in [7, 11) is -1.79. The Balaban J connectivity index is 2.37. The minimum atomic E-state index is -3.42. The molecule has 0 bridgehead atoms. The van der Waals surface area contributed by atoms with Gasteiger partial charge in [-0.2, -0.15) is 4.31 Å². The van der Waals surface area contributed by atoms with Crippen LogP contribution < -0.4 is 5.32 Å². The minimum absolute atomic E-state index is 0.162. The van der Waals surface area contributed by atoms with Gasteiger partial charge >= 0.3 is 0 Å². The van der Waals surface area contributed by atoms with Crippen molar-refractivity contribution in [3.8, 4) is 0 Å². The van der Waals surface area contributed by atoms with Crippen molar-refractivity contribution in [3.05, 3.63) is 18.5 Å². The summed E-state index contributed by atoms with van der Waals surface area (Å²) in [5.74, 6) is 0. The number of sulfonamides is 1. The van der Waals surface area contributed by atoms with Crippen LogP contribution in [0.1, 0.15) is 19.8 Å². The van der Waals surface area contributed by atoms with Crippen molar-refractivity contribution in [2.45, 2.75) is 30.7 Å². The highest BCUT2D eigenvalue weighted by Crippen LogP contribution is 2.32. The van der Waals surface area contributed by atoms with Crippen LogP contribution in [0.4, 0.5) is 5.69 Å². The number of anilines is 1. The van der Waals surface area contributed by atoms with Crippen molar-refractivity contribution in [3.63, 3.8) is 0 Å². The number of aromatic nitrogens is 1. The average Bonchev–Trinajstić information content (AvgIpc) is 3.13. The maximum atomic E-state index is 12.4. The Hall–Kier alpha value is -1.14. The first-order chi connectivity index (χ1) is 8.07. The number of nitrogens with one attached hydrogen (secondary N) is 1. The standard InChI is InChI=1S/C11H17N3O2S/c1-3-13-10-6-7-12-8-11(10)17(15,16)14(2)9-4-5-9/h6-9H,3-5H2,1-2H3,(H,12,13). The summed E-state index contributed by atoms with van der Waals surface area (Å²) >= 11 is 0. The molecule has 1 aliphatic carbocycles. The fourth-order valence-corrected chi connectivity index (χ4v) is 3.24. The summed E-state index contributed by atoms with van der Waals surface area (Å²) < 4.78 is 26.2. The molecule has 6 heteroatoms. The Kier molecular flexibility index (Phi) is 3.35. The molecule has 1 aliphatic rings. The van der Waals surface area contributed by atoms with Gasteiger partial charge in [-0.25, -0.2) is 8.42 Å². The Morgan fingerprint density at radius 3 is 2.82 bits per heavy atom. The molecule has 0 spiro atoms. The number of hydrogen-bond acceptors (Lipinski definition) is 4. The van der Waals surface area contributed by atoms with Crippen LogP contribution in [0.2, 0.25) is 0 Å². The quantitative estimate of drug-likeness (QED) is 0.861. The number of pyridine rings is 1. The van der Waals surface area contributed by atoms with Gasteiger partial charge in [-0.1, -0.05) is 0 Å². The van der Waals surface area contributed by atoms with Crippen molar-refractivity contribution >= 4 is 15.7 Å². The van der Waals surface area contributed by atoms with Gasteiger partial charge in [0, 0.05) is 32.0 Å². The maximum Gasteiger partial charge on any atom is 0.246 e. The molecule has 0 aromatic carbocycles. The molecule has 17 heavy (non-hydrogen) atoms. The van der Waals surface area contributed by atoms with E-state index in [2.05, 4.69) is 10.3 Å². The van der Waals surface area contributed by atoms with Crippen molar-refractivity contribution < 1.29 is 8.42 Å². The van der Waals surface area contributed by atoms with Gasteiger partial charge in [0.25, 0.3) is 0 Å². The van der Waals surface area contributed by atoms with Gasteiger partial charge in [0.15, 0.2) is 0 Å². The summed E-state index contributed by atoms with van der Waals surface area (Å²) in [5, 5.41) is 3.05. The van der Waals surface area contributed by atoms with E-state index in [1.54, 1.807) is 19.3 Å². The van der Waals surface area contributed by atoms with Gasteiger partial charge in [-0.15, -0.1) is 0 Å². The highest BCUT2D eigenvalue weighted by Gasteiger charge is 2.36. The minimum Gasteiger partial charge on any atom is -0.384 e. The maximum absolute atomic E-state index is 12.4. The third-order valence-electron chi connectivity index (χ3n) is 2.87. The molecule has 1 aromatic rings. The molecule has 2 rings (SSSR count). The molecule has 1 fully saturated rings. The summed E-state index contributed by atoms with van der Waals surface area (Å²) in [6.07, 6.45) is 4.90. The molecular weight excluding hydrogens is 238 g/mol. The van der Waals surface area contributed by atoms with Crippen LogP contribution in [-0.2, 0) is 10.0 Å². The van der Waals surface area contributed by atoms with Gasteiger partial charge in [0.2, 0.25) is 10.0 Å². The highest BCUT2D eigenvalue weighted by molar-refractivity contribution is 7.89. The lowest BCUT2D eigenvalue weighted by molar-refractivity contribution is 0.464. The Bertz CT molecular complexity index is 497. The lowest BCUT2D eigenvalue weighted by atomic mass is 10.4.